The van der Waals surface area contributed by atoms with Crippen molar-refractivity contribution < 1.29 is 18.7 Å². The summed E-state index contributed by atoms with van der Waals surface area (Å²) in [6.07, 6.45) is 2.93. The van der Waals surface area contributed by atoms with Crippen LogP contribution >= 0.6 is 11.6 Å². The zero-order chi connectivity index (χ0) is 25.0. The number of fused-ring (bicyclic) bond motifs is 3. The van der Waals surface area contributed by atoms with Gasteiger partial charge in [-0.1, -0.05) is 47.5 Å². The summed E-state index contributed by atoms with van der Waals surface area (Å²) in [5.74, 6) is -0.667. The highest BCUT2D eigenvalue weighted by Gasteiger charge is 2.48. The summed E-state index contributed by atoms with van der Waals surface area (Å²) < 4.78 is 21.6. The number of esters is 1. The van der Waals surface area contributed by atoms with Crippen LogP contribution in [-0.2, 0) is 16.9 Å². The standard InChI is InChI=1S/C29H24ClFN2O3/c1-18-5-8-25-23(13-18)28(35)36-29(25)9-11-32(12-10-29)27(34)24-17-33(16-19-3-2-4-21(31)14-19)26-15-20(30)6-7-22(24)26/h2-8,13-15,17H,9-12,16H2,1H3. The molecule has 36 heavy (non-hydrogen) atoms. The minimum atomic E-state index is -0.671. The fraction of sp³-hybridized carbons (Fsp3) is 0.241. The van der Waals surface area contributed by atoms with Crippen molar-refractivity contribution in [3.8, 4) is 0 Å². The first kappa shape index (κ1) is 22.8. The van der Waals surface area contributed by atoms with Crippen LogP contribution < -0.4 is 0 Å². The maximum Gasteiger partial charge on any atom is 0.339 e. The minimum Gasteiger partial charge on any atom is -0.450 e. The Morgan fingerprint density at radius 1 is 1.08 bits per heavy atom. The first-order valence-electron chi connectivity index (χ1n) is 12.0. The predicted molar refractivity (Wildman–Crippen MR) is 136 cm³/mol. The van der Waals surface area contributed by atoms with Crippen molar-refractivity contribution in [1.29, 1.82) is 0 Å². The van der Waals surface area contributed by atoms with Crippen LogP contribution in [0.2, 0.25) is 5.02 Å². The van der Waals surface area contributed by atoms with E-state index >= 15 is 0 Å². The van der Waals surface area contributed by atoms with Gasteiger partial charge in [-0.15, -0.1) is 0 Å². The second-order valence-corrected chi connectivity index (χ2v) is 10.1. The number of rotatable bonds is 3. The van der Waals surface area contributed by atoms with Gasteiger partial charge in [0.1, 0.15) is 11.4 Å². The normalized spacial score (nSPS) is 16.4. The highest BCUT2D eigenvalue weighted by molar-refractivity contribution is 6.31. The first-order chi connectivity index (χ1) is 17.3. The molecular weight excluding hydrogens is 479 g/mol. The Balaban J connectivity index is 1.28. The fourth-order valence-corrected chi connectivity index (χ4v) is 5.69. The molecule has 5 nitrogen and oxygen atoms in total. The maximum atomic E-state index is 13.8. The lowest BCUT2D eigenvalue weighted by molar-refractivity contribution is -0.0389. The van der Waals surface area contributed by atoms with Gasteiger partial charge in [0.15, 0.2) is 0 Å². The molecular formula is C29H24ClFN2O3. The SMILES string of the molecule is Cc1ccc2c(c1)C(=O)OC21CCN(C(=O)c2cn(Cc3cccc(F)c3)c3cc(Cl)ccc23)CC1. The molecule has 7 heteroatoms. The molecule has 0 radical (unpaired) electrons. The summed E-state index contributed by atoms with van der Waals surface area (Å²) in [4.78, 5) is 28.0. The molecule has 0 saturated carbocycles. The van der Waals surface area contributed by atoms with Crippen molar-refractivity contribution in [1.82, 2.24) is 9.47 Å². The molecule has 0 N–H and O–H groups in total. The number of hydrogen-bond acceptors (Lipinski definition) is 3. The molecule has 4 aromatic rings. The Bertz CT molecular complexity index is 1540. The number of carbonyl (C=O) groups excluding carboxylic acids is 2. The lowest BCUT2D eigenvalue weighted by Crippen LogP contribution is -2.45. The number of nitrogens with zero attached hydrogens (tertiary/aromatic N) is 2. The number of benzene rings is 3. The molecule has 0 atom stereocenters. The molecule has 3 heterocycles. The van der Waals surface area contributed by atoms with Gasteiger partial charge in [0.05, 0.1) is 16.6 Å². The van der Waals surface area contributed by atoms with Crippen LogP contribution in [-0.4, -0.2) is 34.4 Å². The molecule has 2 aliphatic rings. The number of carbonyl (C=O) groups is 2. The molecule has 2 aliphatic heterocycles. The fourth-order valence-electron chi connectivity index (χ4n) is 5.52. The van der Waals surface area contributed by atoms with Gasteiger partial charge in [0, 0.05) is 54.6 Å². The van der Waals surface area contributed by atoms with Gasteiger partial charge in [-0.3, -0.25) is 4.79 Å². The Labute approximate surface area is 213 Å². The Hall–Kier alpha value is -3.64. The third kappa shape index (κ3) is 3.77. The van der Waals surface area contributed by atoms with Crippen LogP contribution in [0.25, 0.3) is 10.9 Å². The number of amides is 1. The number of aryl methyl sites for hydroxylation is 1. The van der Waals surface area contributed by atoms with Crippen molar-refractivity contribution in [3.05, 3.63) is 106 Å². The molecule has 1 aromatic heterocycles. The summed E-state index contributed by atoms with van der Waals surface area (Å²) in [5, 5.41) is 1.37. The summed E-state index contributed by atoms with van der Waals surface area (Å²) in [6, 6.07) is 17.7. The van der Waals surface area contributed by atoms with E-state index in [0.717, 1.165) is 27.6 Å². The summed E-state index contributed by atoms with van der Waals surface area (Å²) in [5.41, 5.74) is 4.09. The Morgan fingerprint density at radius 3 is 2.67 bits per heavy atom. The summed E-state index contributed by atoms with van der Waals surface area (Å²) in [6.45, 7) is 3.32. The molecule has 1 amide bonds. The topological polar surface area (TPSA) is 51.5 Å². The zero-order valence-electron chi connectivity index (χ0n) is 19.8. The molecule has 3 aromatic carbocycles. The number of ether oxygens (including phenoxy) is 1. The molecule has 1 spiro atoms. The molecule has 0 aliphatic carbocycles. The van der Waals surface area contributed by atoms with E-state index in [1.54, 1.807) is 12.1 Å². The number of piperidine rings is 1. The van der Waals surface area contributed by atoms with Crippen LogP contribution in [0, 0.1) is 12.7 Å². The number of hydrogen-bond donors (Lipinski definition) is 0. The van der Waals surface area contributed by atoms with E-state index in [9.17, 15) is 14.0 Å². The van der Waals surface area contributed by atoms with Crippen molar-refractivity contribution in [2.75, 3.05) is 13.1 Å². The lowest BCUT2D eigenvalue weighted by atomic mass is 9.83. The predicted octanol–water partition coefficient (Wildman–Crippen LogP) is 6.09. The van der Waals surface area contributed by atoms with E-state index in [4.69, 9.17) is 16.3 Å². The monoisotopic (exact) mass is 502 g/mol. The number of likely N-dealkylation sites (tertiary alicyclic amines) is 1. The van der Waals surface area contributed by atoms with Crippen LogP contribution in [0.1, 0.15) is 50.2 Å². The second-order valence-electron chi connectivity index (χ2n) is 9.69. The van der Waals surface area contributed by atoms with Gasteiger partial charge < -0.3 is 14.2 Å². The van der Waals surface area contributed by atoms with E-state index in [1.165, 1.54) is 12.1 Å². The Kier molecular flexibility index (Phi) is 5.38. The number of aromatic nitrogens is 1. The van der Waals surface area contributed by atoms with Gasteiger partial charge in [-0.2, -0.15) is 0 Å². The van der Waals surface area contributed by atoms with E-state index in [1.807, 2.05) is 59.0 Å². The van der Waals surface area contributed by atoms with E-state index < -0.39 is 5.60 Å². The summed E-state index contributed by atoms with van der Waals surface area (Å²) in [7, 11) is 0. The molecule has 6 rings (SSSR count). The van der Waals surface area contributed by atoms with Crippen molar-refractivity contribution in [2.45, 2.75) is 31.9 Å². The van der Waals surface area contributed by atoms with Crippen molar-refractivity contribution in [2.24, 2.45) is 0 Å². The zero-order valence-corrected chi connectivity index (χ0v) is 20.5. The van der Waals surface area contributed by atoms with Gasteiger partial charge in [-0.25, -0.2) is 9.18 Å². The van der Waals surface area contributed by atoms with Crippen LogP contribution in [0.5, 0.6) is 0 Å². The van der Waals surface area contributed by atoms with Crippen molar-refractivity contribution in [3.63, 3.8) is 0 Å². The van der Waals surface area contributed by atoms with E-state index in [0.29, 0.717) is 48.6 Å². The third-order valence-electron chi connectivity index (χ3n) is 7.35. The number of halogens is 2. The Morgan fingerprint density at radius 2 is 1.89 bits per heavy atom. The molecule has 1 saturated heterocycles. The molecule has 1 fully saturated rings. The van der Waals surface area contributed by atoms with E-state index in [-0.39, 0.29) is 17.7 Å². The molecule has 182 valence electrons. The van der Waals surface area contributed by atoms with E-state index in [2.05, 4.69) is 0 Å². The van der Waals surface area contributed by atoms with Gasteiger partial charge in [-0.05, 0) is 42.8 Å². The van der Waals surface area contributed by atoms with Crippen LogP contribution in [0.15, 0.2) is 66.9 Å². The highest BCUT2D eigenvalue weighted by atomic mass is 35.5. The first-order valence-corrected chi connectivity index (χ1v) is 12.4. The van der Waals surface area contributed by atoms with Crippen LogP contribution in [0.4, 0.5) is 4.39 Å². The molecule has 0 unspecified atom stereocenters. The van der Waals surface area contributed by atoms with Gasteiger partial charge in [0.25, 0.3) is 5.91 Å². The maximum absolute atomic E-state index is 13.8. The van der Waals surface area contributed by atoms with Crippen molar-refractivity contribution >= 4 is 34.4 Å². The average Bonchev–Trinajstić information content (AvgIpc) is 3.33. The van der Waals surface area contributed by atoms with Crippen LogP contribution in [0.3, 0.4) is 0 Å². The third-order valence-corrected chi connectivity index (χ3v) is 7.58. The lowest BCUT2D eigenvalue weighted by Gasteiger charge is -2.38. The highest BCUT2D eigenvalue weighted by Crippen LogP contribution is 2.44. The van der Waals surface area contributed by atoms with Gasteiger partial charge in [0.2, 0.25) is 0 Å². The van der Waals surface area contributed by atoms with Gasteiger partial charge >= 0.3 is 5.97 Å². The molecule has 0 bridgehead atoms. The second kappa shape index (κ2) is 8.49. The summed E-state index contributed by atoms with van der Waals surface area (Å²) >= 11 is 6.28. The minimum absolute atomic E-state index is 0.0800. The quantitative estimate of drug-likeness (QED) is 0.318. The average molecular weight is 503 g/mol. The smallest absolute Gasteiger partial charge is 0.339 e. The largest absolute Gasteiger partial charge is 0.450 e.